The molecule has 0 unspecified atom stereocenters. The zero-order chi connectivity index (χ0) is 11.9. The van der Waals surface area contributed by atoms with Gasteiger partial charge in [0.15, 0.2) is 0 Å². The molecular weight excluding hydrogens is 208 g/mol. The van der Waals surface area contributed by atoms with E-state index in [1.165, 1.54) is 11.1 Å². The second kappa shape index (κ2) is 6.18. The number of hydrogen-bond donors (Lipinski definition) is 2. The van der Waals surface area contributed by atoms with Crippen molar-refractivity contribution in [2.45, 2.75) is 12.5 Å². The summed E-state index contributed by atoms with van der Waals surface area (Å²) in [7, 11) is 1.90. The summed E-state index contributed by atoms with van der Waals surface area (Å²) < 4.78 is 0. The van der Waals surface area contributed by atoms with E-state index in [1.54, 1.807) is 0 Å². The lowest BCUT2D eigenvalue weighted by Gasteiger charge is -2.18. The highest BCUT2D eigenvalue weighted by Crippen LogP contribution is 2.17. The first-order chi connectivity index (χ1) is 8.40. The van der Waals surface area contributed by atoms with Crippen molar-refractivity contribution in [2.24, 2.45) is 0 Å². The first-order valence-corrected chi connectivity index (χ1v) is 5.91. The Morgan fingerprint density at radius 3 is 2.06 bits per heavy atom. The van der Waals surface area contributed by atoms with Crippen LogP contribution in [0.3, 0.4) is 0 Å². The molecule has 0 saturated carbocycles. The molecule has 0 aromatic heterocycles. The molecule has 0 spiro atoms. The fourth-order valence-electron chi connectivity index (χ4n) is 1.96. The molecule has 0 heterocycles. The Labute approximate surface area is 103 Å². The van der Waals surface area contributed by atoms with Crippen LogP contribution >= 0.6 is 0 Å². The standard InChI is InChI=1S/C15H18N2/c1-16-17-15(14-10-6-3-7-11-14)12-13-8-4-2-5-9-13/h2-11,15-17H,12H2,1H3/t15-/m1/s1. The Kier molecular flexibility index (Phi) is 4.30. The van der Waals surface area contributed by atoms with Gasteiger partial charge in [-0.3, -0.25) is 10.9 Å². The molecule has 0 aliphatic rings. The van der Waals surface area contributed by atoms with Gasteiger partial charge in [-0.2, -0.15) is 0 Å². The fraction of sp³-hybridized carbons (Fsp3) is 0.200. The number of hydrogen-bond acceptors (Lipinski definition) is 2. The van der Waals surface area contributed by atoms with Gasteiger partial charge in [-0.05, 0) is 24.6 Å². The molecule has 0 fully saturated rings. The van der Waals surface area contributed by atoms with E-state index in [-0.39, 0.29) is 0 Å². The highest BCUT2D eigenvalue weighted by molar-refractivity contribution is 5.23. The van der Waals surface area contributed by atoms with Crippen LogP contribution in [0.4, 0.5) is 0 Å². The van der Waals surface area contributed by atoms with Crippen molar-refractivity contribution < 1.29 is 0 Å². The van der Waals surface area contributed by atoms with Crippen LogP contribution in [-0.4, -0.2) is 7.05 Å². The van der Waals surface area contributed by atoms with Crippen LogP contribution in [0.2, 0.25) is 0 Å². The van der Waals surface area contributed by atoms with Crippen LogP contribution < -0.4 is 10.9 Å². The average Bonchev–Trinajstić information content (AvgIpc) is 2.40. The van der Waals surface area contributed by atoms with Gasteiger partial charge in [0.25, 0.3) is 0 Å². The predicted molar refractivity (Wildman–Crippen MR) is 71.5 cm³/mol. The Bertz CT molecular complexity index is 425. The Hall–Kier alpha value is -1.64. The second-order valence-corrected chi connectivity index (χ2v) is 4.05. The van der Waals surface area contributed by atoms with Crippen molar-refractivity contribution >= 4 is 0 Å². The molecule has 0 aliphatic carbocycles. The number of hydrazine groups is 1. The first-order valence-electron chi connectivity index (χ1n) is 5.91. The maximum atomic E-state index is 3.30. The summed E-state index contributed by atoms with van der Waals surface area (Å²) in [6.45, 7) is 0. The van der Waals surface area contributed by atoms with Gasteiger partial charge in [0.05, 0.1) is 6.04 Å². The lowest BCUT2D eigenvalue weighted by molar-refractivity contribution is 0.472. The topological polar surface area (TPSA) is 24.1 Å². The van der Waals surface area contributed by atoms with Crippen LogP contribution in [0.1, 0.15) is 17.2 Å². The molecule has 0 amide bonds. The SMILES string of the molecule is CNN[C@H](Cc1ccccc1)c1ccccc1. The van der Waals surface area contributed by atoms with E-state index in [9.17, 15) is 0 Å². The van der Waals surface area contributed by atoms with Crippen LogP contribution in [0.5, 0.6) is 0 Å². The largest absolute Gasteiger partial charge is 0.260 e. The van der Waals surface area contributed by atoms with E-state index in [0.29, 0.717) is 6.04 Å². The quantitative estimate of drug-likeness (QED) is 0.766. The van der Waals surface area contributed by atoms with Gasteiger partial charge in [0, 0.05) is 0 Å². The molecule has 0 radical (unpaired) electrons. The highest BCUT2D eigenvalue weighted by atomic mass is 15.3. The molecule has 88 valence electrons. The normalized spacial score (nSPS) is 12.3. The molecule has 2 rings (SSSR count). The van der Waals surface area contributed by atoms with E-state index in [4.69, 9.17) is 0 Å². The molecule has 2 N–H and O–H groups in total. The summed E-state index contributed by atoms with van der Waals surface area (Å²) >= 11 is 0. The molecule has 0 aliphatic heterocycles. The third-order valence-electron chi connectivity index (χ3n) is 2.80. The van der Waals surface area contributed by atoms with E-state index >= 15 is 0 Å². The molecule has 0 bridgehead atoms. The van der Waals surface area contributed by atoms with E-state index in [1.807, 2.05) is 19.2 Å². The van der Waals surface area contributed by atoms with Gasteiger partial charge in [0.1, 0.15) is 0 Å². The summed E-state index contributed by atoms with van der Waals surface area (Å²) in [6.07, 6.45) is 0.978. The van der Waals surface area contributed by atoms with Crippen LogP contribution in [0.15, 0.2) is 60.7 Å². The van der Waals surface area contributed by atoms with Crippen LogP contribution in [0, 0.1) is 0 Å². The third-order valence-corrected chi connectivity index (χ3v) is 2.80. The minimum Gasteiger partial charge on any atom is -0.260 e. The summed E-state index contributed by atoms with van der Waals surface area (Å²) in [5, 5.41) is 0. The van der Waals surface area contributed by atoms with Crippen molar-refractivity contribution in [3.05, 3.63) is 71.8 Å². The van der Waals surface area contributed by atoms with Gasteiger partial charge in [-0.15, -0.1) is 0 Å². The van der Waals surface area contributed by atoms with Gasteiger partial charge in [0.2, 0.25) is 0 Å². The number of nitrogens with one attached hydrogen (secondary N) is 2. The molecule has 17 heavy (non-hydrogen) atoms. The molecule has 1 atom stereocenters. The van der Waals surface area contributed by atoms with Crippen LogP contribution in [0.25, 0.3) is 0 Å². The molecule has 0 saturated heterocycles. The Balaban J connectivity index is 2.13. The smallest absolute Gasteiger partial charge is 0.0502 e. The van der Waals surface area contributed by atoms with Crippen LogP contribution in [-0.2, 0) is 6.42 Å². The molecular formula is C15H18N2. The van der Waals surface area contributed by atoms with Crippen molar-refractivity contribution in [1.82, 2.24) is 10.9 Å². The van der Waals surface area contributed by atoms with Crippen molar-refractivity contribution in [3.63, 3.8) is 0 Å². The first kappa shape index (κ1) is 11.8. The summed E-state index contributed by atoms with van der Waals surface area (Å²) in [4.78, 5) is 0. The van der Waals surface area contributed by atoms with Crippen molar-refractivity contribution in [2.75, 3.05) is 7.05 Å². The predicted octanol–water partition coefficient (Wildman–Crippen LogP) is 2.69. The molecule has 2 nitrogen and oxygen atoms in total. The second-order valence-electron chi connectivity index (χ2n) is 4.05. The maximum absolute atomic E-state index is 3.30. The summed E-state index contributed by atoms with van der Waals surface area (Å²) in [6, 6.07) is 21.3. The zero-order valence-corrected chi connectivity index (χ0v) is 10.1. The van der Waals surface area contributed by atoms with E-state index in [2.05, 4.69) is 59.4 Å². The van der Waals surface area contributed by atoms with Gasteiger partial charge in [-0.25, -0.2) is 0 Å². The van der Waals surface area contributed by atoms with Crippen molar-refractivity contribution in [3.8, 4) is 0 Å². The zero-order valence-electron chi connectivity index (χ0n) is 10.1. The Morgan fingerprint density at radius 1 is 0.882 bits per heavy atom. The minimum atomic E-state index is 0.295. The molecule has 2 heteroatoms. The van der Waals surface area contributed by atoms with E-state index in [0.717, 1.165) is 6.42 Å². The van der Waals surface area contributed by atoms with E-state index < -0.39 is 0 Å². The van der Waals surface area contributed by atoms with Gasteiger partial charge in [-0.1, -0.05) is 60.7 Å². The van der Waals surface area contributed by atoms with Gasteiger partial charge >= 0.3 is 0 Å². The highest BCUT2D eigenvalue weighted by Gasteiger charge is 2.10. The molecule has 2 aromatic carbocycles. The minimum absolute atomic E-state index is 0.295. The summed E-state index contributed by atoms with van der Waals surface area (Å²) in [5.74, 6) is 0. The Morgan fingerprint density at radius 2 is 1.47 bits per heavy atom. The number of rotatable bonds is 5. The summed E-state index contributed by atoms with van der Waals surface area (Å²) in [5.41, 5.74) is 8.97. The van der Waals surface area contributed by atoms with Gasteiger partial charge < -0.3 is 0 Å². The monoisotopic (exact) mass is 226 g/mol. The average molecular weight is 226 g/mol. The third kappa shape index (κ3) is 3.41. The van der Waals surface area contributed by atoms with Crippen molar-refractivity contribution in [1.29, 1.82) is 0 Å². The maximum Gasteiger partial charge on any atom is 0.0502 e. The lowest BCUT2D eigenvalue weighted by Crippen LogP contribution is -2.33. The lowest BCUT2D eigenvalue weighted by atomic mass is 9.99. The molecule has 2 aromatic rings. The number of benzene rings is 2. The fourth-order valence-corrected chi connectivity index (χ4v) is 1.96.